The molecule has 5 heteroatoms. The number of nitrogens with zero attached hydrogens (tertiary/aromatic N) is 3. The van der Waals surface area contributed by atoms with E-state index < -0.39 is 0 Å². The number of hydrogen-bond acceptors (Lipinski definition) is 4. The van der Waals surface area contributed by atoms with Gasteiger partial charge in [-0.2, -0.15) is 4.98 Å². The summed E-state index contributed by atoms with van der Waals surface area (Å²) in [6, 6.07) is 18.1. The first-order chi connectivity index (χ1) is 13.2. The van der Waals surface area contributed by atoms with Gasteiger partial charge in [0.2, 0.25) is 5.95 Å². The number of hydrogen-bond donors (Lipinski definition) is 1. The predicted octanol–water partition coefficient (Wildman–Crippen LogP) is 4.28. The van der Waals surface area contributed by atoms with Crippen LogP contribution in [-0.2, 0) is 4.79 Å². The van der Waals surface area contributed by atoms with Gasteiger partial charge in [-0.3, -0.25) is 4.79 Å². The first-order valence-corrected chi connectivity index (χ1v) is 9.32. The number of carbonyl (C=O) groups is 1. The SMILES string of the molecule is Cc1ccc(-c2nc3n(n2)C(c2ccccc2)C2=C(CCCC2=O)N3)cc1. The van der Waals surface area contributed by atoms with Crippen molar-refractivity contribution < 1.29 is 4.79 Å². The van der Waals surface area contributed by atoms with Crippen LogP contribution in [0.4, 0.5) is 5.95 Å². The molecule has 1 unspecified atom stereocenters. The standard InChI is InChI=1S/C22H20N4O/c1-14-10-12-16(13-11-14)21-24-22-23-17-8-5-9-18(27)19(17)20(26(22)25-21)15-6-3-2-4-7-15/h2-4,6-7,10-13,20H,5,8-9H2,1H3,(H,23,24,25). The van der Waals surface area contributed by atoms with Crippen LogP contribution in [0.5, 0.6) is 0 Å². The van der Waals surface area contributed by atoms with Crippen LogP contribution in [-0.4, -0.2) is 20.5 Å². The third-order valence-electron chi connectivity index (χ3n) is 5.29. The molecule has 0 saturated heterocycles. The molecule has 134 valence electrons. The Bertz CT molecular complexity index is 1050. The second-order valence-corrected chi connectivity index (χ2v) is 7.18. The van der Waals surface area contributed by atoms with Crippen LogP contribution in [0, 0.1) is 6.92 Å². The Morgan fingerprint density at radius 1 is 1.04 bits per heavy atom. The number of benzene rings is 2. The minimum absolute atomic E-state index is 0.204. The van der Waals surface area contributed by atoms with Crippen LogP contribution >= 0.6 is 0 Å². The van der Waals surface area contributed by atoms with Gasteiger partial charge < -0.3 is 5.32 Å². The molecular weight excluding hydrogens is 336 g/mol. The molecule has 3 aromatic rings. The molecule has 1 aliphatic heterocycles. The van der Waals surface area contributed by atoms with Crippen molar-refractivity contribution in [3.05, 3.63) is 77.0 Å². The summed E-state index contributed by atoms with van der Waals surface area (Å²) < 4.78 is 1.87. The molecule has 2 aliphatic rings. The maximum absolute atomic E-state index is 12.8. The van der Waals surface area contributed by atoms with Crippen molar-refractivity contribution in [1.29, 1.82) is 0 Å². The lowest BCUT2D eigenvalue weighted by Crippen LogP contribution is -2.31. The monoisotopic (exact) mass is 356 g/mol. The fraction of sp³-hybridized carbons (Fsp3) is 0.227. The van der Waals surface area contributed by atoms with Gasteiger partial charge in [0.25, 0.3) is 0 Å². The largest absolute Gasteiger partial charge is 0.328 e. The van der Waals surface area contributed by atoms with Crippen LogP contribution in [0.25, 0.3) is 11.4 Å². The minimum atomic E-state index is -0.225. The molecular formula is C22H20N4O. The highest BCUT2D eigenvalue weighted by molar-refractivity contribution is 5.99. The number of aromatic nitrogens is 3. The van der Waals surface area contributed by atoms with E-state index >= 15 is 0 Å². The summed E-state index contributed by atoms with van der Waals surface area (Å²) in [6.45, 7) is 2.06. The molecule has 1 aromatic heterocycles. The maximum Gasteiger partial charge on any atom is 0.226 e. The van der Waals surface area contributed by atoms with Gasteiger partial charge in [-0.25, -0.2) is 4.68 Å². The smallest absolute Gasteiger partial charge is 0.226 e. The lowest BCUT2D eigenvalue weighted by molar-refractivity contribution is -0.116. The Hall–Kier alpha value is -3.21. The second-order valence-electron chi connectivity index (χ2n) is 7.18. The first-order valence-electron chi connectivity index (χ1n) is 9.32. The number of rotatable bonds is 2. The van der Waals surface area contributed by atoms with Crippen molar-refractivity contribution in [2.75, 3.05) is 5.32 Å². The van der Waals surface area contributed by atoms with Gasteiger partial charge in [-0.1, -0.05) is 60.2 Å². The highest BCUT2D eigenvalue weighted by atomic mass is 16.1. The quantitative estimate of drug-likeness (QED) is 0.745. The van der Waals surface area contributed by atoms with E-state index in [0.717, 1.165) is 35.2 Å². The molecule has 27 heavy (non-hydrogen) atoms. The van der Waals surface area contributed by atoms with Crippen molar-refractivity contribution in [3.63, 3.8) is 0 Å². The zero-order valence-electron chi connectivity index (χ0n) is 15.1. The molecule has 5 rings (SSSR count). The molecule has 0 bridgehead atoms. The second kappa shape index (κ2) is 6.20. The fourth-order valence-corrected chi connectivity index (χ4v) is 3.92. The summed E-state index contributed by atoms with van der Waals surface area (Å²) in [5.74, 6) is 1.58. The van der Waals surface area contributed by atoms with E-state index in [0.29, 0.717) is 18.2 Å². The van der Waals surface area contributed by atoms with Crippen molar-refractivity contribution >= 4 is 11.7 Å². The Labute approximate surface area is 157 Å². The summed E-state index contributed by atoms with van der Waals surface area (Å²) in [5, 5.41) is 8.17. The van der Waals surface area contributed by atoms with E-state index in [1.165, 1.54) is 5.56 Å². The molecule has 0 radical (unpaired) electrons. The lowest BCUT2D eigenvalue weighted by Gasteiger charge is -2.32. The number of anilines is 1. The van der Waals surface area contributed by atoms with E-state index in [1.807, 2.05) is 35.0 Å². The molecule has 1 aliphatic carbocycles. The normalized spacial score (nSPS) is 18.7. The maximum atomic E-state index is 12.8. The molecule has 1 N–H and O–H groups in total. The van der Waals surface area contributed by atoms with Crippen molar-refractivity contribution in [1.82, 2.24) is 14.8 Å². The Morgan fingerprint density at radius 3 is 2.59 bits per heavy atom. The third kappa shape index (κ3) is 2.67. The number of allylic oxidation sites excluding steroid dienone is 2. The van der Waals surface area contributed by atoms with Crippen LogP contribution in [0.15, 0.2) is 65.9 Å². The Balaban J connectivity index is 1.67. The van der Waals surface area contributed by atoms with Gasteiger partial charge in [0.05, 0.1) is 0 Å². The summed E-state index contributed by atoms with van der Waals surface area (Å²) in [5.41, 5.74) is 5.06. The van der Waals surface area contributed by atoms with Crippen LogP contribution in [0.3, 0.4) is 0 Å². The van der Waals surface area contributed by atoms with E-state index in [1.54, 1.807) is 0 Å². The number of aryl methyl sites for hydroxylation is 1. The molecule has 0 amide bonds. The van der Waals surface area contributed by atoms with Gasteiger partial charge in [-0.15, -0.1) is 5.10 Å². The number of Topliss-reactive ketones (excluding diaryl/α,β-unsaturated/α-hetero) is 1. The van der Waals surface area contributed by atoms with Crippen molar-refractivity contribution in [3.8, 4) is 11.4 Å². The van der Waals surface area contributed by atoms with E-state index in [-0.39, 0.29) is 11.8 Å². The number of carbonyl (C=O) groups excluding carboxylic acids is 1. The van der Waals surface area contributed by atoms with E-state index in [9.17, 15) is 4.79 Å². The third-order valence-corrected chi connectivity index (χ3v) is 5.29. The summed E-state index contributed by atoms with van der Waals surface area (Å²) >= 11 is 0. The molecule has 5 nitrogen and oxygen atoms in total. The lowest BCUT2D eigenvalue weighted by atomic mass is 9.85. The van der Waals surface area contributed by atoms with Crippen LogP contribution < -0.4 is 5.32 Å². The summed E-state index contributed by atoms with van der Waals surface area (Å²) in [7, 11) is 0. The number of fused-ring (bicyclic) bond motifs is 1. The minimum Gasteiger partial charge on any atom is -0.328 e. The van der Waals surface area contributed by atoms with Crippen LogP contribution in [0.2, 0.25) is 0 Å². The van der Waals surface area contributed by atoms with Crippen molar-refractivity contribution in [2.24, 2.45) is 0 Å². The van der Waals surface area contributed by atoms with E-state index in [4.69, 9.17) is 10.1 Å². The molecule has 0 spiro atoms. The molecule has 1 atom stereocenters. The zero-order chi connectivity index (χ0) is 18.4. The zero-order valence-corrected chi connectivity index (χ0v) is 15.1. The Kier molecular flexibility index (Phi) is 3.67. The van der Waals surface area contributed by atoms with Gasteiger partial charge in [0, 0.05) is 23.3 Å². The fourth-order valence-electron chi connectivity index (χ4n) is 3.92. The average Bonchev–Trinajstić information content (AvgIpc) is 3.11. The predicted molar refractivity (Wildman–Crippen MR) is 104 cm³/mol. The first kappa shape index (κ1) is 16.0. The van der Waals surface area contributed by atoms with Gasteiger partial charge in [0.1, 0.15) is 6.04 Å². The van der Waals surface area contributed by atoms with Gasteiger partial charge in [-0.05, 0) is 25.3 Å². The molecule has 0 fully saturated rings. The van der Waals surface area contributed by atoms with Crippen molar-refractivity contribution in [2.45, 2.75) is 32.2 Å². The molecule has 2 heterocycles. The number of nitrogens with one attached hydrogen (secondary N) is 1. The number of ketones is 1. The Morgan fingerprint density at radius 2 is 1.81 bits per heavy atom. The topological polar surface area (TPSA) is 59.8 Å². The highest BCUT2D eigenvalue weighted by Gasteiger charge is 2.36. The summed E-state index contributed by atoms with van der Waals surface area (Å²) in [6.07, 6.45) is 2.35. The van der Waals surface area contributed by atoms with E-state index in [2.05, 4.69) is 36.5 Å². The van der Waals surface area contributed by atoms with Gasteiger partial charge >= 0.3 is 0 Å². The molecule has 0 saturated carbocycles. The molecule has 2 aromatic carbocycles. The summed E-state index contributed by atoms with van der Waals surface area (Å²) in [4.78, 5) is 17.5. The highest BCUT2D eigenvalue weighted by Crippen LogP contribution is 2.40. The average molecular weight is 356 g/mol. The van der Waals surface area contributed by atoms with Gasteiger partial charge in [0.15, 0.2) is 11.6 Å². The van der Waals surface area contributed by atoms with Crippen LogP contribution in [0.1, 0.15) is 36.4 Å².